The monoisotopic (exact) mass is 307 g/mol. The van der Waals surface area contributed by atoms with Gasteiger partial charge in [-0.2, -0.15) is 0 Å². The molecule has 2 N–H and O–H groups in total. The van der Waals surface area contributed by atoms with E-state index in [4.69, 9.17) is 11.6 Å². The first kappa shape index (κ1) is 13.3. The molecule has 0 saturated carbocycles. The van der Waals surface area contributed by atoms with Crippen LogP contribution >= 0.6 is 20.8 Å². The summed E-state index contributed by atoms with van der Waals surface area (Å²) in [7, 11) is 2.53. The van der Waals surface area contributed by atoms with Crippen molar-refractivity contribution in [3.8, 4) is 0 Å². The van der Waals surface area contributed by atoms with Crippen molar-refractivity contribution in [3.63, 3.8) is 0 Å². The molecule has 3 nitrogen and oxygen atoms in total. The number of halogens is 2. The van der Waals surface area contributed by atoms with Gasteiger partial charge in [-0.25, -0.2) is 9.37 Å². The van der Waals surface area contributed by atoms with Crippen LogP contribution in [0.25, 0.3) is 11.0 Å². The van der Waals surface area contributed by atoms with E-state index in [-0.39, 0.29) is 5.82 Å². The number of benzene rings is 2. The quantitative estimate of drug-likeness (QED) is 0.705. The first-order valence-electron chi connectivity index (χ1n) is 6.00. The number of aryl methyl sites for hydroxylation is 1. The summed E-state index contributed by atoms with van der Waals surface area (Å²) in [6.07, 6.45) is 1.48. The van der Waals surface area contributed by atoms with Crippen LogP contribution in [0.15, 0.2) is 30.6 Å². The number of aromatic amines is 1. The van der Waals surface area contributed by atoms with Crippen molar-refractivity contribution in [2.75, 3.05) is 5.32 Å². The summed E-state index contributed by atoms with van der Waals surface area (Å²) >= 11 is 5.93. The standard InChI is InChI=1S/C14H12ClFN3P/c1-7-4-8(15)2-3-9(7)19-14-11(20)5-10-13(12(14)16)18-6-17-10/h2-6,19H,20H2,1H3,(H,17,18). The molecule has 0 bridgehead atoms. The van der Waals surface area contributed by atoms with E-state index in [1.165, 1.54) is 6.33 Å². The van der Waals surface area contributed by atoms with Gasteiger partial charge in [0.1, 0.15) is 5.52 Å². The van der Waals surface area contributed by atoms with E-state index in [9.17, 15) is 4.39 Å². The smallest absolute Gasteiger partial charge is 0.175 e. The molecular weight excluding hydrogens is 296 g/mol. The Kier molecular flexibility index (Phi) is 3.36. The number of nitrogens with zero attached hydrogens (tertiary/aromatic N) is 1. The number of imidazole rings is 1. The van der Waals surface area contributed by atoms with E-state index < -0.39 is 0 Å². The second-order valence-electron chi connectivity index (χ2n) is 4.54. The minimum Gasteiger partial charge on any atom is -0.352 e. The summed E-state index contributed by atoms with van der Waals surface area (Å²) in [6, 6.07) is 7.27. The van der Waals surface area contributed by atoms with E-state index in [1.54, 1.807) is 6.07 Å². The average Bonchev–Trinajstić information content (AvgIpc) is 2.85. The van der Waals surface area contributed by atoms with Gasteiger partial charge >= 0.3 is 0 Å². The second kappa shape index (κ2) is 5.04. The Labute approximate surface area is 122 Å². The molecule has 3 rings (SSSR count). The van der Waals surface area contributed by atoms with Crippen molar-refractivity contribution >= 4 is 48.6 Å². The maximum Gasteiger partial charge on any atom is 0.175 e. The SMILES string of the molecule is Cc1cc(Cl)ccc1Nc1c(P)cc2[nH]cnc2c1F. The fourth-order valence-electron chi connectivity index (χ4n) is 2.09. The van der Waals surface area contributed by atoms with Crippen LogP contribution in [0.2, 0.25) is 5.02 Å². The molecule has 1 aromatic heterocycles. The Morgan fingerprint density at radius 2 is 2.15 bits per heavy atom. The molecule has 3 aromatic rings. The number of hydrogen-bond acceptors (Lipinski definition) is 2. The molecule has 0 aliphatic carbocycles. The molecule has 2 aromatic carbocycles. The van der Waals surface area contributed by atoms with E-state index in [0.717, 1.165) is 16.6 Å². The van der Waals surface area contributed by atoms with Crippen LogP contribution < -0.4 is 10.6 Å². The zero-order valence-electron chi connectivity index (χ0n) is 10.7. The summed E-state index contributed by atoms with van der Waals surface area (Å²) in [5, 5.41) is 4.49. The normalized spacial score (nSPS) is 11.0. The zero-order valence-corrected chi connectivity index (χ0v) is 12.6. The number of nitrogens with one attached hydrogen (secondary N) is 2. The van der Waals surface area contributed by atoms with E-state index in [0.29, 0.717) is 21.7 Å². The first-order chi connectivity index (χ1) is 9.56. The van der Waals surface area contributed by atoms with Crippen molar-refractivity contribution < 1.29 is 4.39 Å². The largest absolute Gasteiger partial charge is 0.352 e. The molecule has 1 atom stereocenters. The Morgan fingerprint density at radius 3 is 2.90 bits per heavy atom. The molecule has 0 radical (unpaired) electrons. The fourth-order valence-corrected chi connectivity index (χ4v) is 2.68. The molecule has 0 aliphatic rings. The highest BCUT2D eigenvalue weighted by Crippen LogP contribution is 2.28. The highest BCUT2D eigenvalue weighted by Gasteiger charge is 2.14. The third kappa shape index (κ3) is 2.26. The lowest BCUT2D eigenvalue weighted by Crippen LogP contribution is -2.06. The summed E-state index contributed by atoms with van der Waals surface area (Å²) in [4.78, 5) is 6.90. The molecular formula is C14H12ClFN3P. The fraction of sp³-hybridized carbons (Fsp3) is 0.0714. The molecule has 0 aliphatic heterocycles. The maximum atomic E-state index is 14.5. The highest BCUT2D eigenvalue weighted by molar-refractivity contribution is 7.28. The first-order valence-corrected chi connectivity index (χ1v) is 6.96. The molecule has 1 heterocycles. The van der Waals surface area contributed by atoms with Gasteiger partial charge in [0.25, 0.3) is 0 Å². The zero-order chi connectivity index (χ0) is 14.3. The van der Waals surface area contributed by atoms with Gasteiger partial charge < -0.3 is 10.3 Å². The summed E-state index contributed by atoms with van der Waals surface area (Å²) in [5.74, 6) is -0.372. The van der Waals surface area contributed by atoms with Gasteiger partial charge in [0.15, 0.2) is 5.82 Å². The van der Waals surface area contributed by atoms with Crippen LogP contribution in [0.3, 0.4) is 0 Å². The highest BCUT2D eigenvalue weighted by atomic mass is 35.5. The summed E-state index contributed by atoms with van der Waals surface area (Å²) in [6.45, 7) is 1.92. The average molecular weight is 308 g/mol. The van der Waals surface area contributed by atoms with Crippen molar-refractivity contribution in [2.24, 2.45) is 0 Å². The molecule has 6 heteroatoms. The van der Waals surface area contributed by atoms with Crippen molar-refractivity contribution in [1.29, 1.82) is 0 Å². The number of aromatic nitrogens is 2. The van der Waals surface area contributed by atoms with E-state index >= 15 is 0 Å². The van der Waals surface area contributed by atoms with Crippen molar-refractivity contribution in [2.45, 2.75) is 6.92 Å². The van der Waals surface area contributed by atoms with Crippen LogP contribution in [0.4, 0.5) is 15.8 Å². The van der Waals surface area contributed by atoms with Gasteiger partial charge in [0.05, 0.1) is 17.5 Å². The Hall–Kier alpha value is -1.64. The summed E-state index contributed by atoms with van der Waals surface area (Å²) < 4.78 is 14.5. The van der Waals surface area contributed by atoms with Crippen LogP contribution in [-0.4, -0.2) is 9.97 Å². The lowest BCUT2D eigenvalue weighted by atomic mass is 10.2. The predicted octanol–water partition coefficient (Wildman–Crippen LogP) is 3.91. The van der Waals surface area contributed by atoms with Crippen molar-refractivity contribution in [3.05, 3.63) is 47.0 Å². The Morgan fingerprint density at radius 1 is 1.35 bits per heavy atom. The van der Waals surface area contributed by atoms with Gasteiger partial charge in [-0.05, 0) is 42.1 Å². The number of hydrogen-bond donors (Lipinski definition) is 2. The molecule has 20 heavy (non-hydrogen) atoms. The number of rotatable bonds is 2. The minimum atomic E-state index is -0.372. The molecule has 1 unspecified atom stereocenters. The molecule has 0 saturated heterocycles. The minimum absolute atomic E-state index is 0.324. The lowest BCUT2D eigenvalue weighted by molar-refractivity contribution is 0.642. The van der Waals surface area contributed by atoms with E-state index in [1.807, 2.05) is 25.1 Å². The maximum absolute atomic E-state index is 14.5. The third-order valence-corrected chi connectivity index (χ3v) is 3.82. The molecule has 0 spiro atoms. The predicted molar refractivity (Wildman–Crippen MR) is 84.9 cm³/mol. The number of H-pyrrole nitrogens is 1. The van der Waals surface area contributed by atoms with Gasteiger partial charge in [-0.3, -0.25) is 0 Å². The van der Waals surface area contributed by atoms with E-state index in [2.05, 4.69) is 24.5 Å². The van der Waals surface area contributed by atoms with Gasteiger partial charge in [-0.15, -0.1) is 9.24 Å². The van der Waals surface area contributed by atoms with Crippen LogP contribution in [-0.2, 0) is 0 Å². The Balaban J connectivity index is 2.10. The van der Waals surface area contributed by atoms with Gasteiger partial charge in [0, 0.05) is 10.7 Å². The third-order valence-electron chi connectivity index (χ3n) is 3.13. The molecule has 0 fully saturated rings. The Bertz CT molecular complexity index is 800. The number of anilines is 2. The summed E-state index contributed by atoms with van der Waals surface area (Å²) in [5.41, 5.74) is 3.16. The second-order valence-corrected chi connectivity index (χ2v) is 5.60. The van der Waals surface area contributed by atoms with Crippen LogP contribution in [0.1, 0.15) is 5.56 Å². The van der Waals surface area contributed by atoms with Gasteiger partial charge in [-0.1, -0.05) is 11.6 Å². The van der Waals surface area contributed by atoms with Crippen LogP contribution in [0, 0.1) is 12.7 Å². The van der Waals surface area contributed by atoms with Gasteiger partial charge in [0.2, 0.25) is 0 Å². The lowest BCUT2D eigenvalue weighted by Gasteiger charge is -2.13. The van der Waals surface area contributed by atoms with Crippen molar-refractivity contribution in [1.82, 2.24) is 9.97 Å². The molecule has 0 amide bonds. The van der Waals surface area contributed by atoms with Crippen LogP contribution in [0.5, 0.6) is 0 Å². The topological polar surface area (TPSA) is 40.7 Å². The molecule has 102 valence electrons. The number of fused-ring (bicyclic) bond motifs is 1.